The number of carbonyl (C=O) groups excluding carboxylic acids is 1. The van der Waals surface area contributed by atoms with Crippen LogP contribution < -0.4 is 5.11 Å². The fraction of sp³-hybridized carbons (Fsp3) is 0.455. The fourth-order valence-corrected chi connectivity index (χ4v) is 0.784. The van der Waals surface area contributed by atoms with Crippen molar-refractivity contribution in [3.63, 3.8) is 0 Å². The van der Waals surface area contributed by atoms with Crippen molar-refractivity contribution in [2.24, 2.45) is 0 Å². The molecule has 5 nitrogen and oxygen atoms in total. The molecule has 98 valence electrons. The molecule has 6 heteroatoms. The summed E-state index contributed by atoms with van der Waals surface area (Å²) in [7, 11) is 6.16. The second-order valence-corrected chi connectivity index (χ2v) is 4.27. The van der Waals surface area contributed by atoms with Crippen molar-refractivity contribution in [1.29, 1.82) is 0 Å². The highest BCUT2D eigenvalue weighted by atomic mass is 35.5. The van der Waals surface area contributed by atoms with Crippen LogP contribution in [0.15, 0.2) is 24.5 Å². The van der Waals surface area contributed by atoms with Crippen LogP contribution in [0.5, 0.6) is 0 Å². The largest absolute Gasteiger partial charge is 0.545 e. The molecular formula is C11H19ClN2O3. The van der Waals surface area contributed by atoms with Crippen molar-refractivity contribution in [1.82, 2.24) is 4.98 Å². The van der Waals surface area contributed by atoms with E-state index in [1.54, 1.807) is 6.07 Å². The van der Waals surface area contributed by atoms with Crippen LogP contribution in [0.25, 0.3) is 0 Å². The van der Waals surface area contributed by atoms with Crippen LogP contribution in [0, 0.1) is 0 Å². The van der Waals surface area contributed by atoms with Crippen molar-refractivity contribution >= 4 is 18.4 Å². The Morgan fingerprint density at radius 1 is 1.47 bits per heavy atom. The van der Waals surface area contributed by atoms with E-state index in [4.69, 9.17) is 5.11 Å². The molecule has 1 aromatic heterocycles. The van der Waals surface area contributed by atoms with Crippen LogP contribution in [0.4, 0.5) is 0 Å². The molecule has 0 saturated carbocycles. The molecule has 1 N–H and O–H groups in total. The van der Waals surface area contributed by atoms with Gasteiger partial charge in [-0.15, -0.1) is 12.4 Å². The molecule has 0 saturated heterocycles. The quantitative estimate of drug-likeness (QED) is 0.749. The molecule has 0 bridgehead atoms. The Labute approximate surface area is 108 Å². The second-order valence-electron chi connectivity index (χ2n) is 4.27. The first kappa shape index (κ1) is 18.2. The monoisotopic (exact) mass is 262 g/mol. The number of aliphatic hydroxyl groups is 1. The van der Waals surface area contributed by atoms with Gasteiger partial charge in [-0.1, -0.05) is 6.07 Å². The second kappa shape index (κ2) is 8.92. The number of aromatic nitrogens is 1. The Kier molecular flexibility index (Phi) is 9.55. The highest BCUT2D eigenvalue weighted by Crippen LogP contribution is 1.90. The van der Waals surface area contributed by atoms with Crippen molar-refractivity contribution in [3.8, 4) is 0 Å². The predicted molar refractivity (Wildman–Crippen MR) is 65.8 cm³/mol. The maximum atomic E-state index is 10.0. The maximum Gasteiger partial charge on any atom is 0.101 e. The lowest BCUT2D eigenvalue weighted by Crippen LogP contribution is -2.36. The minimum absolute atomic E-state index is 0. The lowest BCUT2D eigenvalue weighted by Gasteiger charge is -2.21. The average molecular weight is 263 g/mol. The van der Waals surface area contributed by atoms with E-state index >= 15 is 0 Å². The zero-order valence-corrected chi connectivity index (χ0v) is 11.1. The van der Waals surface area contributed by atoms with Gasteiger partial charge >= 0.3 is 0 Å². The third kappa shape index (κ3) is 11.1. The van der Waals surface area contributed by atoms with Crippen LogP contribution in [-0.4, -0.2) is 54.8 Å². The number of rotatable bonds is 3. The van der Waals surface area contributed by atoms with Gasteiger partial charge < -0.3 is 19.5 Å². The van der Waals surface area contributed by atoms with Gasteiger partial charge in [-0.2, -0.15) is 0 Å². The number of aromatic carboxylic acids is 1. The number of pyridine rings is 1. The SMILES string of the molecule is C[N+](C)(C)CCO.Cl.O=C([O-])c1cccnc1. The molecule has 0 aliphatic carbocycles. The molecule has 0 spiro atoms. The molecule has 0 radical (unpaired) electrons. The highest BCUT2D eigenvalue weighted by Gasteiger charge is 2.02. The number of nitrogens with zero attached hydrogens (tertiary/aromatic N) is 2. The van der Waals surface area contributed by atoms with E-state index in [-0.39, 0.29) is 24.6 Å². The number of aliphatic hydroxyl groups excluding tert-OH is 1. The normalized spacial score (nSPS) is 9.65. The Hall–Kier alpha value is -1.17. The molecule has 0 unspecified atom stereocenters. The van der Waals surface area contributed by atoms with E-state index in [1.807, 2.05) is 0 Å². The lowest BCUT2D eigenvalue weighted by atomic mass is 10.3. The fourth-order valence-electron chi connectivity index (χ4n) is 0.784. The van der Waals surface area contributed by atoms with Gasteiger partial charge in [0.1, 0.15) is 6.54 Å². The van der Waals surface area contributed by atoms with E-state index in [9.17, 15) is 9.90 Å². The summed E-state index contributed by atoms with van der Waals surface area (Å²) in [5, 5.41) is 18.4. The number of halogens is 1. The number of carbonyl (C=O) groups is 1. The molecule has 1 rings (SSSR count). The van der Waals surface area contributed by atoms with Gasteiger partial charge in [0.25, 0.3) is 0 Å². The van der Waals surface area contributed by atoms with Crippen LogP contribution in [-0.2, 0) is 0 Å². The summed E-state index contributed by atoms with van der Waals surface area (Å²) in [4.78, 5) is 13.6. The Morgan fingerprint density at radius 3 is 2.24 bits per heavy atom. The molecule has 1 heterocycles. The summed E-state index contributed by atoms with van der Waals surface area (Å²) >= 11 is 0. The Bertz CT molecular complexity index is 312. The number of likely N-dealkylation sites (N-methyl/N-ethyl adjacent to an activating group) is 1. The molecule has 0 amide bonds. The molecule has 0 aromatic carbocycles. The molecule has 0 fully saturated rings. The van der Waals surface area contributed by atoms with Crippen molar-refractivity contribution in [3.05, 3.63) is 30.1 Å². The molecule has 0 atom stereocenters. The zero-order chi connectivity index (χ0) is 12.6. The Morgan fingerprint density at radius 2 is 2.06 bits per heavy atom. The van der Waals surface area contributed by atoms with E-state index in [0.29, 0.717) is 0 Å². The Balaban J connectivity index is 0. The first-order chi connectivity index (χ1) is 7.37. The van der Waals surface area contributed by atoms with Crippen LogP contribution >= 0.6 is 12.4 Å². The van der Waals surface area contributed by atoms with E-state index in [0.717, 1.165) is 11.0 Å². The summed E-state index contributed by atoms with van der Waals surface area (Å²) < 4.78 is 0.844. The van der Waals surface area contributed by atoms with Crippen molar-refractivity contribution in [2.45, 2.75) is 0 Å². The molecule has 1 aromatic rings. The van der Waals surface area contributed by atoms with Crippen LogP contribution in [0.2, 0.25) is 0 Å². The van der Waals surface area contributed by atoms with Crippen LogP contribution in [0.1, 0.15) is 10.4 Å². The van der Waals surface area contributed by atoms with Gasteiger partial charge in [-0.05, 0) is 6.07 Å². The minimum atomic E-state index is -1.19. The van der Waals surface area contributed by atoms with Crippen LogP contribution in [0.3, 0.4) is 0 Å². The minimum Gasteiger partial charge on any atom is -0.545 e. The van der Waals surface area contributed by atoms with Gasteiger partial charge in [-0.3, -0.25) is 4.98 Å². The number of hydrogen-bond acceptors (Lipinski definition) is 4. The third-order valence-electron chi connectivity index (χ3n) is 1.67. The van der Waals surface area contributed by atoms with Gasteiger partial charge in [0.15, 0.2) is 0 Å². The first-order valence-corrected chi connectivity index (χ1v) is 4.89. The standard InChI is InChI=1S/C6H5NO2.C5H14NO.ClH/c8-6(9)5-2-1-3-7-4-5;1-6(2,3)4-5-7;/h1-4H,(H,8,9);7H,4-5H2,1-3H3;1H/q;+1;/p-1. The summed E-state index contributed by atoms with van der Waals surface area (Å²) in [5.41, 5.74) is 0.109. The molecule has 0 aliphatic heterocycles. The van der Waals surface area contributed by atoms with E-state index < -0.39 is 5.97 Å². The third-order valence-corrected chi connectivity index (χ3v) is 1.67. The number of hydrogen-bond donors (Lipinski definition) is 1. The molecule has 0 aliphatic rings. The highest BCUT2D eigenvalue weighted by molar-refractivity contribution is 5.85. The van der Waals surface area contributed by atoms with Crippen molar-refractivity contribution < 1.29 is 19.5 Å². The summed E-state index contributed by atoms with van der Waals surface area (Å²) in [6.07, 6.45) is 2.75. The number of carboxylic acid groups (broad SMARTS) is 1. The molecule has 17 heavy (non-hydrogen) atoms. The average Bonchev–Trinajstić information content (AvgIpc) is 2.18. The predicted octanol–water partition coefficient (Wildman–Crippen LogP) is -0.448. The number of carboxylic acids is 1. The molecular weight excluding hydrogens is 244 g/mol. The zero-order valence-electron chi connectivity index (χ0n) is 10.3. The lowest BCUT2D eigenvalue weighted by molar-refractivity contribution is -0.870. The summed E-state index contributed by atoms with van der Waals surface area (Å²) in [6, 6.07) is 2.98. The van der Waals surface area contributed by atoms with Gasteiger partial charge in [-0.25, -0.2) is 0 Å². The first-order valence-electron chi connectivity index (χ1n) is 4.89. The van der Waals surface area contributed by atoms with Gasteiger partial charge in [0.2, 0.25) is 0 Å². The number of quaternary nitrogens is 1. The van der Waals surface area contributed by atoms with Gasteiger partial charge in [0.05, 0.1) is 33.7 Å². The smallest absolute Gasteiger partial charge is 0.101 e. The summed E-state index contributed by atoms with van der Waals surface area (Å²) in [6.45, 7) is 1.11. The van der Waals surface area contributed by atoms with E-state index in [1.165, 1.54) is 18.5 Å². The van der Waals surface area contributed by atoms with Gasteiger partial charge in [0, 0.05) is 18.0 Å². The maximum absolute atomic E-state index is 10.0. The van der Waals surface area contributed by atoms with E-state index in [2.05, 4.69) is 26.1 Å². The topological polar surface area (TPSA) is 73.2 Å². The summed E-state index contributed by atoms with van der Waals surface area (Å²) in [5.74, 6) is -1.19. The van der Waals surface area contributed by atoms with Crippen molar-refractivity contribution in [2.75, 3.05) is 34.3 Å².